The molecule has 0 aliphatic carbocycles. The Morgan fingerprint density at radius 2 is 2.64 bits per heavy atom. The molecule has 1 aromatic rings. The van der Waals surface area contributed by atoms with E-state index in [1.54, 1.807) is 4.68 Å². The van der Waals surface area contributed by atoms with Crippen molar-refractivity contribution >= 4 is 5.91 Å². The summed E-state index contributed by atoms with van der Waals surface area (Å²) in [6.07, 6.45) is 1.91. The van der Waals surface area contributed by atoms with Crippen LogP contribution in [0.4, 0.5) is 0 Å². The predicted octanol–water partition coefficient (Wildman–Crippen LogP) is 0.146. The molecule has 0 radical (unpaired) electrons. The van der Waals surface area contributed by atoms with Gasteiger partial charge in [0.2, 0.25) is 0 Å². The molecule has 4 heteroatoms. The van der Waals surface area contributed by atoms with E-state index >= 15 is 0 Å². The summed E-state index contributed by atoms with van der Waals surface area (Å²) in [5, 5.41) is 6.80. The first-order valence-corrected chi connectivity index (χ1v) is 3.66. The molecule has 11 heavy (non-hydrogen) atoms. The van der Waals surface area contributed by atoms with Crippen LogP contribution in [-0.4, -0.2) is 15.7 Å². The molecule has 0 bridgehead atoms. The molecule has 0 unspecified atom stereocenters. The van der Waals surface area contributed by atoms with Gasteiger partial charge in [-0.2, -0.15) is 5.10 Å². The minimum Gasteiger partial charge on any atom is -0.346 e. The Kier molecular flexibility index (Phi) is 1.21. The number of carbonyl (C=O) groups is 1. The van der Waals surface area contributed by atoms with Crippen molar-refractivity contribution in [1.82, 2.24) is 15.1 Å². The molecular formula is C7H9N3O. The van der Waals surface area contributed by atoms with Crippen molar-refractivity contribution in [2.75, 3.05) is 0 Å². The lowest BCUT2D eigenvalue weighted by Gasteiger charge is -1.93. The van der Waals surface area contributed by atoms with E-state index in [-0.39, 0.29) is 5.91 Å². The fourth-order valence-electron chi connectivity index (χ4n) is 1.20. The molecule has 1 aromatic heterocycles. The Morgan fingerprint density at radius 1 is 1.82 bits per heavy atom. The van der Waals surface area contributed by atoms with Crippen LogP contribution >= 0.6 is 0 Å². The van der Waals surface area contributed by atoms with Crippen LogP contribution in [-0.2, 0) is 13.1 Å². The van der Waals surface area contributed by atoms with Crippen LogP contribution in [0.5, 0.6) is 0 Å². The Hall–Kier alpha value is -1.32. The van der Waals surface area contributed by atoms with Gasteiger partial charge in [-0.05, 0) is 6.92 Å². The van der Waals surface area contributed by atoms with Gasteiger partial charge in [-0.1, -0.05) is 0 Å². The first-order valence-electron chi connectivity index (χ1n) is 3.66. The highest BCUT2D eigenvalue weighted by Gasteiger charge is 2.22. The van der Waals surface area contributed by atoms with Crippen molar-refractivity contribution in [1.29, 1.82) is 0 Å². The first kappa shape index (κ1) is 6.39. The molecule has 1 N–H and O–H groups in total. The van der Waals surface area contributed by atoms with Gasteiger partial charge in [-0.3, -0.25) is 9.48 Å². The topological polar surface area (TPSA) is 46.9 Å². The van der Waals surface area contributed by atoms with Gasteiger partial charge >= 0.3 is 0 Å². The predicted molar refractivity (Wildman–Crippen MR) is 39.1 cm³/mol. The number of amides is 1. The van der Waals surface area contributed by atoms with Gasteiger partial charge in [-0.15, -0.1) is 0 Å². The third-order valence-corrected chi connectivity index (χ3v) is 1.82. The molecule has 4 nitrogen and oxygen atoms in total. The highest BCUT2D eigenvalue weighted by Crippen LogP contribution is 2.12. The van der Waals surface area contributed by atoms with E-state index in [4.69, 9.17) is 0 Å². The second kappa shape index (κ2) is 2.08. The molecule has 2 rings (SSSR count). The van der Waals surface area contributed by atoms with Crippen LogP contribution in [0.1, 0.15) is 23.0 Å². The Balaban J connectivity index is 2.46. The normalized spacial score (nSPS) is 14.8. The van der Waals surface area contributed by atoms with E-state index < -0.39 is 0 Å². The van der Waals surface area contributed by atoms with E-state index in [9.17, 15) is 4.79 Å². The number of hydrogen-bond acceptors (Lipinski definition) is 2. The van der Waals surface area contributed by atoms with Crippen LogP contribution in [0.2, 0.25) is 0 Å². The summed E-state index contributed by atoms with van der Waals surface area (Å²) in [6, 6.07) is 0. The van der Waals surface area contributed by atoms with Crippen molar-refractivity contribution in [3.63, 3.8) is 0 Å². The zero-order valence-corrected chi connectivity index (χ0v) is 6.29. The van der Waals surface area contributed by atoms with Crippen LogP contribution in [0.15, 0.2) is 6.20 Å². The number of nitrogens with one attached hydrogen (secondary N) is 1. The molecule has 2 heterocycles. The summed E-state index contributed by atoms with van der Waals surface area (Å²) < 4.78 is 1.78. The maximum Gasteiger partial charge on any atom is 0.272 e. The van der Waals surface area contributed by atoms with Crippen molar-refractivity contribution in [2.24, 2.45) is 0 Å². The lowest BCUT2D eigenvalue weighted by atomic mass is 10.3. The van der Waals surface area contributed by atoms with Crippen molar-refractivity contribution in [3.8, 4) is 0 Å². The van der Waals surface area contributed by atoms with E-state index in [1.807, 2.05) is 13.1 Å². The molecule has 58 valence electrons. The van der Waals surface area contributed by atoms with Gasteiger partial charge in [-0.25, -0.2) is 0 Å². The first-order chi connectivity index (χ1) is 5.31. The summed E-state index contributed by atoms with van der Waals surface area (Å²) in [6.45, 7) is 3.45. The highest BCUT2D eigenvalue weighted by molar-refractivity contribution is 5.96. The smallest absolute Gasteiger partial charge is 0.272 e. The lowest BCUT2D eigenvalue weighted by Crippen LogP contribution is -2.15. The van der Waals surface area contributed by atoms with Gasteiger partial charge < -0.3 is 5.32 Å². The molecular weight excluding hydrogens is 142 g/mol. The molecule has 1 aliphatic rings. The summed E-state index contributed by atoms with van der Waals surface area (Å²) in [5.74, 6) is -0.0489. The van der Waals surface area contributed by atoms with Crippen LogP contribution in [0.3, 0.4) is 0 Å². The van der Waals surface area contributed by atoms with Crippen LogP contribution < -0.4 is 5.32 Å². The Bertz CT molecular complexity index is 303. The molecule has 0 aromatic carbocycles. The number of hydrogen-bond donors (Lipinski definition) is 1. The molecule has 1 amide bonds. The van der Waals surface area contributed by atoms with Gasteiger partial charge in [0, 0.05) is 24.8 Å². The molecule has 0 atom stereocenters. The van der Waals surface area contributed by atoms with Gasteiger partial charge in [0.25, 0.3) is 5.91 Å². The monoisotopic (exact) mass is 151 g/mol. The van der Waals surface area contributed by atoms with Crippen LogP contribution in [0, 0.1) is 0 Å². The summed E-state index contributed by atoms with van der Waals surface area (Å²) in [7, 11) is 0. The van der Waals surface area contributed by atoms with Gasteiger partial charge in [0.1, 0.15) is 0 Å². The fraction of sp³-hybridized carbons (Fsp3) is 0.429. The van der Waals surface area contributed by atoms with Crippen molar-refractivity contribution in [3.05, 3.63) is 17.5 Å². The number of rotatable bonds is 1. The summed E-state index contributed by atoms with van der Waals surface area (Å²) >= 11 is 0. The molecule has 1 aliphatic heterocycles. The van der Waals surface area contributed by atoms with E-state index in [0.29, 0.717) is 12.2 Å². The van der Waals surface area contributed by atoms with E-state index in [0.717, 1.165) is 12.1 Å². The minimum atomic E-state index is -0.0489. The quantitative estimate of drug-likeness (QED) is 0.620. The number of fused-ring (bicyclic) bond motifs is 1. The third-order valence-electron chi connectivity index (χ3n) is 1.82. The second-order valence-corrected chi connectivity index (χ2v) is 2.54. The number of aryl methyl sites for hydroxylation is 1. The second-order valence-electron chi connectivity index (χ2n) is 2.54. The Labute approximate surface area is 64.2 Å². The highest BCUT2D eigenvalue weighted by atomic mass is 16.2. The largest absolute Gasteiger partial charge is 0.346 e. The average molecular weight is 151 g/mol. The molecule has 0 saturated heterocycles. The summed E-state index contributed by atoms with van der Waals surface area (Å²) in [5.41, 5.74) is 1.60. The van der Waals surface area contributed by atoms with Gasteiger partial charge in [0.05, 0.1) is 0 Å². The number of aromatic nitrogens is 2. The zero-order chi connectivity index (χ0) is 7.84. The fourth-order valence-corrected chi connectivity index (χ4v) is 1.20. The molecule has 0 spiro atoms. The van der Waals surface area contributed by atoms with Crippen molar-refractivity contribution < 1.29 is 4.79 Å². The number of carbonyl (C=O) groups excluding carboxylic acids is 1. The molecule has 0 saturated carbocycles. The number of nitrogens with zero attached hydrogens (tertiary/aromatic N) is 2. The maximum absolute atomic E-state index is 11.0. The summed E-state index contributed by atoms with van der Waals surface area (Å²) in [4.78, 5) is 11.0. The third kappa shape index (κ3) is 0.824. The van der Waals surface area contributed by atoms with E-state index in [2.05, 4.69) is 10.4 Å². The zero-order valence-electron chi connectivity index (χ0n) is 6.29. The molecule has 0 fully saturated rings. The standard InChI is InChI=1S/C7H9N3O/c1-2-10-4-5-3-8-7(11)6(5)9-10/h4H,2-3H2,1H3,(H,8,11). The van der Waals surface area contributed by atoms with Gasteiger partial charge in [0.15, 0.2) is 5.69 Å². The lowest BCUT2D eigenvalue weighted by molar-refractivity contribution is 0.0960. The van der Waals surface area contributed by atoms with E-state index in [1.165, 1.54) is 0 Å². The minimum absolute atomic E-state index is 0.0489. The maximum atomic E-state index is 11.0. The van der Waals surface area contributed by atoms with Crippen molar-refractivity contribution in [2.45, 2.75) is 20.0 Å². The Morgan fingerprint density at radius 3 is 3.27 bits per heavy atom. The SMILES string of the molecule is CCn1cc2c(n1)C(=O)NC2. The average Bonchev–Trinajstić information content (AvgIpc) is 2.53. The van der Waals surface area contributed by atoms with Crippen LogP contribution in [0.25, 0.3) is 0 Å².